The van der Waals surface area contributed by atoms with E-state index in [0.717, 1.165) is 0 Å². The number of rotatable bonds is 2. The molecule has 0 aliphatic heterocycles. The third-order valence-electron chi connectivity index (χ3n) is 1.85. The van der Waals surface area contributed by atoms with Crippen molar-refractivity contribution in [3.63, 3.8) is 0 Å². The van der Waals surface area contributed by atoms with Gasteiger partial charge in [-0.05, 0) is 18.6 Å². The molecule has 0 saturated heterocycles. The van der Waals surface area contributed by atoms with Crippen molar-refractivity contribution in [3.8, 4) is 0 Å². The lowest BCUT2D eigenvalue weighted by molar-refractivity contribution is 0.186. The molecule has 0 aliphatic rings. The molecule has 0 amide bonds. The van der Waals surface area contributed by atoms with Gasteiger partial charge in [0.25, 0.3) is 0 Å². The Labute approximate surface area is 100.0 Å². The zero-order valence-electron chi connectivity index (χ0n) is 7.27. The minimum atomic E-state index is -1.23. The highest BCUT2D eigenvalue weighted by Gasteiger charge is 2.23. The molecular weight excluding hydrogens is 294 g/mol. The van der Waals surface area contributed by atoms with Gasteiger partial charge in [0.15, 0.2) is 0 Å². The van der Waals surface area contributed by atoms with Crippen LogP contribution in [0, 0.1) is 12.7 Å². The Balaban J connectivity index is 3.25. The van der Waals surface area contributed by atoms with Crippen molar-refractivity contribution in [2.24, 2.45) is 0 Å². The van der Waals surface area contributed by atoms with Gasteiger partial charge in [-0.3, -0.25) is 0 Å². The van der Waals surface area contributed by atoms with E-state index in [2.05, 4.69) is 15.9 Å². The summed E-state index contributed by atoms with van der Waals surface area (Å²) >= 11 is 14.1. The Morgan fingerprint density at radius 1 is 1.43 bits per heavy atom. The van der Waals surface area contributed by atoms with Gasteiger partial charge in [-0.25, -0.2) is 4.39 Å². The van der Waals surface area contributed by atoms with Gasteiger partial charge in [0.05, 0.1) is 0 Å². The third-order valence-corrected chi connectivity index (χ3v) is 3.02. The number of hydrogen-bond acceptors (Lipinski definition) is 1. The van der Waals surface area contributed by atoms with Crippen LogP contribution >= 0.6 is 39.1 Å². The lowest BCUT2D eigenvalue weighted by atomic mass is 10.1. The summed E-state index contributed by atoms with van der Waals surface area (Å²) in [4.78, 5) is -1.05. The maximum Gasteiger partial charge on any atom is 0.137 e. The molecule has 78 valence electrons. The largest absolute Gasteiger partial charge is 0.385 e. The van der Waals surface area contributed by atoms with Gasteiger partial charge in [-0.2, -0.15) is 0 Å². The van der Waals surface area contributed by atoms with Crippen LogP contribution < -0.4 is 0 Å². The van der Waals surface area contributed by atoms with Gasteiger partial charge >= 0.3 is 0 Å². The van der Waals surface area contributed by atoms with Gasteiger partial charge in [0.1, 0.15) is 16.8 Å². The average molecular weight is 302 g/mol. The first-order valence-electron chi connectivity index (χ1n) is 3.86. The van der Waals surface area contributed by atoms with Crippen molar-refractivity contribution >= 4 is 39.1 Å². The van der Waals surface area contributed by atoms with Gasteiger partial charge in [0, 0.05) is 10.0 Å². The van der Waals surface area contributed by atoms with Crippen molar-refractivity contribution in [2.75, 3.05) is 0 Å². The van der Waals surface area contributed by atoms with Crippen molar-refractivity contribution in [1.29, 1.82) is 0 Å². The lowest BCUT2D eigenvalue weighted by Crippen LogP contribution is -2.10. The summed E-state index contributed by atoms with van der Waals surface area (Å²) in [6.07, 6.45) is -1.23. The van der Waals surface area contributed by atoms with E-state index in [0.29, 0.717) is 10.0 Å². The van der Waals surface area contributed by atoms with E-state index in [1.165, 1.54) is 0 Å². The van der Waals surface area contributed by atoms with Crippen LogP contribution in [0.4, 0.5) is 4.39 Å². The number of benzene rings is 1. The predicted molar refractivity (Wildman–Crippen MR) is 59.3 cm³/mol. The Kier molecular flexibility index (Phi) is 4.19. The van der Waals surface area contributed by atoms with Gasteiger partial charge in [-0.1, -0.05) is 22.0 Å². The van der Waals surface area contributed by atoms with Crippen LogP contribution in [-0.2, 0) is 0 Å². The lowest BCUT2D eigenvalue weighted by Gasteiger charge is -2.15. The van der Waals surface area contributed by atoms with Crippen molar-refractivity contribution < 1.29 is 9.50 Å². The van der Waals surface area contributed by atoms with Crippen LogP contribution in [0.2, 0.25) is 0 Å². The minimum Gasteiger partial charge on any atom is -0.385 e. The molecule has 1 unspecified atom stereocenters. The molecular formula is C9H8BrCl2FO. The van der Waals surface area contributed by atoms with Gasteiger partial charge in [0.2, 0.25) is 0 Å². The Morgan fingerprint density at radius 3 is 2.50 bits per heavy atom. The summed E-state index contributed by atoms with van der Waals surface area (Å²) in [5, 5.41) is 9.55. The number of aliphatic hydroxyl groups excluding tert-OH is 1. The number of aliphatic hydroxyl groups is 1. The third kappa shape index (κ3) is 2.40. The number of halogens is 4. The molecule has 0 spiro atoms. The molecule has 0 radical (unpaired) electrons. The highest BCUT2D eigenvalue weighted by Crippen LogP contribution is 2.33. The minimum absolute atomic E-state index is 0.0972. The zero-order valence-corrected chi connectivity index (χ0v) is 10.4. The molecule has 1 atom stereocenters. The van der Waals surface area contributed by atoms with E-state index in [-0.39, 0.29) is 5.56 Å². The summed E-state index contributed by atoms with van der Waals surface area (Å²) in [6.45, 7) is 1.61. The smallest absolute Gasteiger partial charge is 0.137 e. The first kappa shape index (κ1) is 12.2. The molecule has 5 heteroatoms. The summed E-state index contributed by atoms with van der Waals surface area (Å²) in [6, 6.07) is 3.25. The predicted octanol–water partition coefficient (Wildman–Crippen LogP) is 3.73. The quantitative estimate of drug-likeness (QED) is 0.825. The van der Waals surface area contributed by atoms with Gasteiger partial charge in [-0.15, -0.1) is 23.2 Å². The molecule has 0 aliphatic carbocycles. The van der Waals surface area contributed by atoms with Crippen LogP contribution in [0.1, 0.15) is 17.2 Å². The molecule has 0 fully saturated rings. The molecule has 1 rings (SSSR count). The fourth-order valence-corrected chi connectivity index (χ4v) is 1.87. The summed E-state index contributed by atoms with van der Waals surface area (Å²) in [5.41, 5.74) is 0.538. The molecule has 1 N–H and O–H groups in total. The fraction of sp³-hybridized carbons (Fsp3) is 0.333. The normalized spacial score (nSPS) is 13.4. The fourth-order valence-electron chi connectivity index (χ4n) is 1.08. The summed E-state index contributed by atoms with van der Waals surface area (Å²) < 4.78 is 14.0. The molecule has 1 aromatic rings. The molecule has 0 bridgehead atoms. The van der Waals surface area contributed by atoms with Crippen molar-refractivity contribution in [3.05, 3.63) is 33.5 Å². The van der Waals surface area contributed by atoms with E-state index in [1.807, 2.05) is 0 Å². The van der Waals surface area contributed by atoms with Crippen LogP contribution in [0.15, 0.2) is 16.6 Å². The number of alkyl halides is 2. The summed E-state index contributed by atoms with van der Waals surface area (Å²) in [5.74, 6) is -0.488. The molecule has 14 heavy (non-hydrogen) atoms. The monoisotopic (exact) mass is 300 g/mol. The Hall–Kier alpha value is 0.170. The van der Waals surface area contributed by atoms with E-state index in [4.69, 9.17) is 23.2 Å². The van der Waals surface area contributed by atoms with E-state index < -0.39 is 16.8 Å². The Morgan fingerprint density at radius 2 is 2.00 bits per heavy atom. The molecule has 0 aromatic heterocycles. The highest BCUT2D eigenvalue weighted by atomic mass is 79.9. The molecule has 0 heterocycles. The maximum atomic E-state index is 13.6. The van der Waals surface area contributed by atoms with Crippen molar-refractivity contribution in [1.82, 2.24) is 0 Å². The van der Waals surface area contributed by atoms with E-state index in [9.17, 15) is 9.50 Å². The topological polar surface area (TPSA) is 20.2 Å². The molecule has 1 aromatic carbocycles. The van der Waals surface area contributed by atoms with Gasteiger partial charge < -0.3 is 5.11 Å². The van der Waals surface area contributed by atoms with Crippen LogP contribution in [0.3, 0.4) is 0 Å². The van der Waals surface area contributed by atoms with Crippen LogP contribution in [0.25, 0.3) is 0 Å². The second kappa shape index (κ2) is 4.79. The molecule has 0 saturated carbocycles. The highest BCUT2D eigenvalue weighted by molar-refractivity contribution is 9.10. The second-order valence-electron chi connectivity index (χ2n) is 2.87. The SMILES string of the molecule is Cc1ccc(Br)c(C(O)C(Cl)Cl)c1F. The van der Waals surface area contributed by atoms with Crippen molar-refractivity contribution in [2.45, 2.75) is 17.9 Å². The zero-order chi connectivity index (χ0) is 10.9. The first-order chi connectivity index (χ1) is 6.45. The number of hydrogen-bond donors (Lipinski definition) is 1. The Bertz CT molecular complexity index is 344. The average Bonchev–Trinajstić information content (AvgIpc) is 2.12. The van der Waals surface area contributed by atoms with Crippen LogP contribution in [0.5, 0.6) is 0 Å². The first-order valence-corrected chi connectivity index (χ1v) is 5.52. The maximum absolute atomic E-state index is 13.6. The standard InChI is InChI=1S/C9H8BrCl2FO/c1-4-2-3-5(10)6(7(4)13)8(14)9(11)12/h2-3,8-9,14H,1H3. The molecule has 1 nitrogen and oxygen atoms in total. The summed E-state index contributed by atoms with van der Waals surface area (Å²) in [7, 11) is 0. The number of aryl methyl sites for hydroxylation is 1. The van der Waals surface area contributed by atoms with Crippen LogP contribution in [-0.4, -0.2) is 9.94 Å². The van der Waals surface area contributed by atoms with E-state index >= 15 is 0 Å². The van der Waals surface area contributed by atoms with E-state index in [1.54, 1.807) is 19.1 Å². The second-order valence-corrected chi connectivity index (χ2v) is 4.89.